The van der Waals surface area contributed by atoms with E-state index in [4.69, 9.17) is 0 Å². The molecule has 2 aliphatic carbocycles. The summed E-state index contributed by atoms with van der Waals surface area (Å²) in [5, 5.41) is 4.43. The van der Waals surface area contributed by atoms with Gasteiger partial charge in [0.25, 0.3) is 0 Å². The first-order chi connectivity index (χ1) is 6.93. The van der Waals surface area contributed by atoms with Crippen molar-refractivity contribution in [2.24, 2.45) is 0 Å². The Bertz CT molecular complexity index is 333. The number of allylic oxidation sites excluding steroid dienone is 4. The maximum atomic E-state index is 3.64. The first-order valence-corrected chi connectivity index (χ1v) is 6.31. The minimum atomic E-state index is 0. The zero-order chi connectivity index (χ0) is 9.38. The van der Waals surface area contributed by atoms with Gasteiger partial charge in [-0.15, -0.1) is 11.8 Å². The fraction of sp³-hybridized carbons (Fsp3) is 0.500. The smallest absolute Gasteiger partial charge is 0.0567 e. The lowest BCUT2D eigenvalue weighted by Crippen LogP contribution is -2.41. The summed E-state index contributed by atoms with van der Waals surface area (Å²) in [6.45, 7) is 0. The van der Waals surface area contributed by atoms with Gasteiger partial charge in [0.15, 0.2) is 0 Å². The summed E-state index contributed by atoms with van der Waals surface area (Å²) in [4.78, 5) is 1.59. The Balaban J connectivity index is 0.000000853. The van der Waals surface area contributed by atoms with Gasteiger partial charge in [-0.1, -0.05) is 18.2 Å². The zero-order valence-electron chi connectivity index (χ0n) is 8.20. The van der Waals surface area contributed by atoms with Gasteiger partial charge in [-0.25, -0.2) is 0 Å². The van der Waals surface area contributed by atoms with Crippen molar-refractivity contribution in [2.45, 2.75) is 37.0 Å². The van der Waals surface area contributed by atoms with E-state index in [0.29, 0.717) is 6.04 Å². The van der Waals surface area contributed by atoms with Gasteiger partial charge in [-0.3, -0.25) is 0 Å². The van der Waals surface area contributed by atoms with Gasteiger partial charge in [0.05, 0.1) is 6.04 Å². The van der Waals surface area contributed by atoms with Crippen LogP contribution in [0.1, 0.15) is 27.1 Å². The molecular weight excluding hydrogens is 190 g/mol. The Hall–Kier alpha value is -0.630. The van der Waals surface area contributed by atoms with Gasteiger partial charge in [0.1, 0.15) is 0 Å². The molecule has 76 valence electrons. The van der Waals surface area contributed by atoms with Crippen molar-refractivity contribution in [3.63, 3.8) is 0 Å². The molecule has 1 nitrogen and oxygen atoms in total. The van der Waals surface area contributed by atoms with Crippen LogP contribution in [0.3, 0.4) is 0 Å². The average Bonchev–Trinajstić information content (AvgIpc) is 2.26. The standard InChI is InChI=1S/C12H15NS.H2/c1-3-7-11-9(5-1)13-10-6-2-4-8-12(10)14-11;/h1-2,5-6,9,11,13H,3-4,7-8H2;1H. The maximum Gasteiger partial charge on any atom is 0.0567 e. The summed E-state index contributed by atoms with van der Waals surface area (Å²) in [5.74, 6) is 0. The van der Waals surface area contributed by atoms with Crippen LogP contribution in [0.5, 0.6) is 0 Å². The molecule has 0 amide bonds. The van der Waals surface area contributed by atoms with Crippen LogP contribution in [0.15, 0.2) is 34.9 Å². The maximum absolute atomic E-state index is 3.64. The van der Waals surface area contributed by atoms with Crippen LogP contribution in [-0.2, 0) is 0 Å². The fourth-order valence-corrected chi connectivity index (χ4v) is 3.75. The molecule has 14 heavy (non-hydrogen) atoms. The third-order valence-corrected chi connectivity index (χ3v) is 4.64. The molecule has 0 fully saturated rings. The molecule has 2 heteroatoms. The van der Waals surface area contributed by atoms with Crippen LogP contribution in [0.4, 0.5) is 0 Å². The molecule has 0 bridgehead atoms. The van der Waals surface area contributed by atoms with E-state index in [1.807, 2.05) is 0 Å². The summed E-state index contributed by atoms with van der Waals surface area (Å²) in [6.07, 6.45) is 14.2. The quantitative estimate of drug-likeness (QED) is 0.612. The number of thioether (sulfide) groups is 1. The van der Waals surface area contributed by atoms with E-state index in [1.165, 1.54) is 31.4 Å². The Kier molecular flexibility index (Phi) is 2.17. The lowest BCUT2D eigenvalue weighted by molar-refractivity contribution is 0.578. The monoisotopic (exact) mass is 207 g/mol. The summed E-state index contributed by atoms with van der Waals surface area (Å²) in [6, 6.07) is 0.579. The zero-order valence-corrected chi connectivity index (χ0v) is 9.02. The molecule has 0 spiro atoms. The number of hydrogen-bond acceptors (Lipinski definition) is 2. The minimum absolute atomic E-state index is 0. The average molecular weight is 207 g/mol. The highest BCUT2D eigenvalue weighted by molar-refractivity contribution is 8.03. The van der Waals surface area contributed by atoms with E-state index < -0.39 is 0 Å². The molecule has 2 atom stereocenters. The van der Waals surface area contributed by atoms with E-state index in [9.17, 15) is 0 Å². The Morgan fingerprint density at radius 3 is 3.36 bits per heavy atom. The molecule has 0 aromatic carbocycles. The van der Waals surface area contributed by atoms with Crippen LogP contribution in [-0.4, -0.2) is 11.3 Å². The molecule has 3 aliphatic rings. The van der Waals surface area contributed by atoms with Crippen LogP contribution >= 0.6 is 11.8 Å². The lowest BCUT2D eigenvalue weighted by Gasteiger charge is -2.36. The van der Waals surface area contributed by atoms with Gasteiger partial charge < -0.3 is 5.32 Å². The Labute approximate surface area is 90.8 Å². The normalized spacial score (nSPS) is 34.9. The van der Waals surface area contributed by atoms with Gasteiger partial charge in [-0.05, 0) is 31.8 Å². The van der Waals surface area contributed by atoms with Crippen LogP contribution < -0.4 is 5.32 Å². The van der Waals surface area contributed by atoms with Crippen molar-refractivity contribution in [3.8, 4) is 0 Å². The number of hydrogen-bond donors (Lipinski definition) is 1. The minimum Gasteiger partial charge on any atom is -0.377 e. The molecule has 0 aromatic rings. The second kappa shape index (κ2) is 3.50. The van der Waals surface area contributed by atoms with E-state index in [-0.39, 0.29) is 1.43 Å². The predicted molar refractivity (Wildman–Crippen MR) is 64.2 cm³/mol. The lowest BCUT2D eigenvalue weighted by atomic mass is 10.0. The SMILES string of the molecule is C1=CC2=C(CC1)SC1CCC=CC1N2.[HH]. The molecular formula is C12H17NS. The van der Waals surface area contributed by atoms with Gasteiger partial charge in [0, 0.05) is 17.3 Å². The van der Waals surface area contributed by atoms with Crippen LogP contribution in [0, 0.1) is 0 Å². The van der Waals surface area contributed by atoms with Crippen molar-refractivity contribution in [2.75, 3.05) is 0 Å². The van der Waals surface area contributed by atoms with Crippen LogP contribution in [0.2, 0.25) is 0 Å². The molecule has 0 saturated carbocycles. The number of fused-ring (bicyclic) bond motifs is 1. The number of nitrogens with one attached hydrogen (secondary N) is 1. The van der Waals surface area contributed by atoms with Crippen molar-refractivity contribution >= 4 is 11.8 Å². The van der Waals surface area contributed by atoms with Gasteiger partial charge >= 0.3 is 0 Å². The third-order valence-electron chi connectivity index (χ3n) is 3.10. The van der Waals surface area contributed by atoms with Crippen LogP contribution in [0.25, 0.3) is 0 Å². The topological polar surface area (TPSA) is 12.0 Å². The molecule has 2 unspecified atom stereocenters. The molecule has 0 saturated heterocycles. The largest absolute Gasteiger partial charge is 0.377 e. The molecule has 0 aromatic heterocycles. The van der Waals surface area contributed by atoms with E-state index in [0.717, 1.165) is 5.25 Å². The highest BCUT2D eigenvalue weighted by Crippen LogP contribution is 2.40. The van der Waals surface area contributed by atoms with Crippen molar-refractivity contribution in [1.82, 2.24) is 5.32 Å². The summed E-state index contributed by atoms with van der Waals surface area (Å²) < 4.78 is 0. The van der Waals surface area contributed by atoms with Crippen molar-refractivity contribution < 1.29 is 1.43 Å². The second-order valence-electron chi connectivity index (χ2n) is 4.11. The fourth-order valence-electron chi connectivity index (χ4n) is 2.34. The Morgan fingerprint density at radius 1 is 1.36 bits per heavy atom. The highest BCUT2D eigenvalue weighted by Gasteiger charge is 2.29. The first kappa shape index (κ1) is 8.66. The van der Waals surface area contributed by atoms with Gasteiger partial charge in [-0.2, -0.15) is 0 Å². The second-order valence-corrected chi connectivity index (χ2v) is 5.44. The molecule has 1 heterocycles. The van der Waals surface area contributed by atoms with Crippen molar-refractivity contribution in [1.29, 1.82) is 0 Å². The van der Waals surface area contributed by atoms with E-state index >= 15 is 0 Å². The summed E-state index contributed by atoms with van der Waals surface area (Å²) in [5.41, 5.74) is 1.38. The Morgan fingerprint density at radius 2 is 2.36 bits per heavy atom. The molecule has 1 aliphatic heterocycles. The molecule has 3 rings (SSSR count). The number of rotatable bonds is 0. The summed E-state index contributed by atoms with van der Waals surface area (Å²) >= 11 is 2.11. The van der Waals surface area contributed by atoms with Crippen molar-refractivity contribution in [3.05, 3.63) is 34.9 Å². The molecule has 1 N–H and O–H groups in total. The highest BCUT2D eigenvalue weighted by atomic mass is 32.2. The summed E-state index contributed by atoms with van der Waals surface area (Å²) in [7, 11) is 0. The van der Waals surface area contributed by atoms with E-state index in [2.05, 4.69) is 41.4 Å². The third kappa shape index (κ3) is 1.42. The molecule has 0 radical (unpaired) electrons. The first-order valence-electron chi connectivity index (χ1n) is 5.43. The predicted octanol–water partition coefficient (Wildman–Crippen LogP) is 3.22. The van der Waals surface area contributed by atoms with Gasteiger partial charge in [0.2, 0.25) is 0 Å². The van der Waals surface area contributed by atoms with E-state index in [1.54, 1.807) is 4.91 Å².